The Balaban J connectivity index is 1.85. The molecule has 0 unspecified atom stereocenters. The van der Waals surface area contributed by atoms with Gasteiger partial charge in [0.05, 0.1) is 0 Å². The number of thiophene rings is 1. The average molecular weight is 402 g/mol. The van der Waals surface area contributed by atoms with Gasteiger partial charge in [0.1, 0.15) is 6.54 Å². The number of guanidine groups is 1. The summed E-state index contributed by atoms with van der Waals surface area (Å²) in [5.74, 6) is 0.657. The summed E-state index contributed by atoms with van der Waals surface area (Å²) in [6, 6.07) is 10.0. The Morgan fingerprint density at radius 2 is 2.07 bits per heavy atom. The minimum atomic E-state index is -0.00866. The summed E-state index contributed by atoms with van der Waals surface area (Å²) in [4.78, 5) is 24.2. The number of hydrogen-bond acceptors (Lipinski definition) is 4. The fourth-order valence-corrected chi connectivity index (χ4v) is 3.47. The predicted octanol–water partition coefficient (Wildman–Crippen LogP) is 2.68. The summed E-state index contributed by atoms with van der Waals surface area (Å²) in [7, 11) is 1.81. The summed E-state index contributed by atoms with van der Waals surface area (Å²) >= 11 is 1.75. The van der Waals surface area contributed by atoms with Gasteiger partial charge in [-0.25, -0.2) is 4.99 Å². The molecule has 2 aromatic rings. The van der Waals surface area contributed by atoms with Gasteiger partial charge < -0.3 is 15.5 Å². The van der Waals surface area contributed by atoms with Crippen LogP contribution in [-0.2, 0) is 16.6 Å². The highest BCUT2D eigenvalue weighted by molar-refractivity contribution is 7.10. The molecular weight excluding hydrogens is 370 g/mol. The quantitative estimate of drug-likeness (QED) is 0.501. The molecule has 2 heterocycles. The molecular formula is C21H31N5OS. The van der Waals surface area contributed by atoms with E-state index in [1.54, 1.807) is 29.5 Å². The van der Waals surface area contributed by atoms with Gasteiger partial charge in [-0.05, 0) is 30.5 Å². The molecule has 0 aromatic carbocycles. The molecule has 2 aromatic heterocycles. The van der Waals surface area contributed by atoms with Gasteiger partial charge in [0.25, 0.3) is 0 Å². The van der Waals surface area contributed by atoms with Crippen LogP contribution in [0.1, 0.15) is 31.3 Å². The van der Waals surface area contributed by atoms with Gasteiger partial charge in [-0.3, -0.25) is 9.78 Å². The van der Waals surface area contributed by atoms with Crippen molar-refractivity contribution in [2.45, 2.75) is 32.6 Å². The van der Waals surface area contributed by atoms with E-state index in [0.717, 1.165) is 25.2 Å². The van der Waals surface area contributed by atoms with Gasteiger partial charge in [-0.2, -0.15) is 0 Å². The maximum atomic E-state index is 12.4. The molecule has 7 heteroatoms. The van der Waals surface area contributed by atoms with E-state index in [-0.39, 0.29) is 17.9 Å². The molecule has 0 radical (unpaired) electrons. The lowest BCUT2D eigenvalue weighted by molar-refractivity contribution is -0.128. The van der Waals surface area contributed by atoms with E-state index in [0.29, 0.717) is 12.5 Å². The Bertz CT molecular complexity index is 743. The smallest absolute Gasteiger partial charge is 0.244 e. The van der Waals surface area contributed by atoms with E-state index >= 15 is 0 Å². The zero-order valence-corrected chi connectivity index (χ0v) is 18.1. The van der Waals surface area contributed by atoms with Crippen LogP contribution in [0, 0.1) is 0 Å². The average Bonchev–Trinajstić information content (AvgIpc) is 3.24. The second kappa shape index (κ2) is 10.8. The van der Waals surface area contributed by atoms with Crippen molar-refractivity contribution in [1.82, 2.24) is 20.5 Å². The van der Waals surface area contributed by atoms with Crippen molar-refractivity contribution < 1.29 is 4.79 Å². The summed E-state index contributed by atoms with van der Waals surface area (Å²) in [6.07, 6.45) is 2.51. The summed E-state index contributed by atoms with van der Waals surface area (Å²) in [5.41, 5.74) is 0.977. The van der Waals surface area contributed by atoms with Crippen molar-refractivity contribution in [2.24, 2.45) is 4.99 Å². The Morgan fingerprint density at radius 3 is 2.71 bits per heavy atom. The number of nitrogens with one attached hydrogen (secondary N) is 2. The summed E-state index contributed by atoms with van der Waals surface area (Å²) in [6.45, 7) is 8.65. The second-order valence-corrected chi connectivity index (χ2v) is 8.24. The molecule has 1 amide bonds. The van der Waals surface area contributed by atoms with E-state index in [1.165, 1.54) is 4.88 Å². The predicted molar refractivity (Wildman–Crippen MR) is 117 cm³/mol. The number of hydrogen-bond donors (Lipinski definition) is 2. The van der Waals surface area contributed by atoms with Crippen molar-refractivity contribution in [2.75, 3.05) is 33.2 Å². The van der Waals surface area contributed by atoms with Gasteiger partial charge >= 0.3 is 0 Å². The minimum Gasteiger partial charge on any atom is -0.357 e. The zero-order valence-electron chi connectivity index (χ0n) is 17.2. The van der Waals surface area contributed by atoms with Gasteiger partial charge in [-0.1, -0.05) is 26.0 Å². The van der Waals surface area contributed by atoms with E-state index in [2.05, 4.69) is 52.0 Å². The van der Waals surface area contributed by atoms with Crippen molar-refractivity contribution >= 4 is 23.2 Å². The normalized spacial score (nSPS) is 11.9. The fraction of sp³-hybridized carbons (Fsp3) is 0.476. The van der Waals surface area contributed by atoms with E-state index in [9.17, 15) is 4.79 Å². The fourth-order valence-electron chi connectivity index (χ4n) is 2.62. The third-order valence-electron chi connectivity index (χ3n) is 4.46. The highest BCUT2D eigenvalue weighted by Crippen LogP contribution is 2.26. The van der Waals surface area contributed by atoms with Gasteiger partial charge in [0.15, 0.2) is 5.96 Å². The van der Waals surface area contributed by atoms with Gasteiger partial charge in [-0.15, -0.1) is 11.3 Å². The molecule has 0 spiro atoms. The lowest BCUT2D eigenvalue weighted by Crippen LogP contribution is -2.44. The first-order chi connectivity index (χ1) is 13.4. The van der Waals surface area contributed by atoms with Crippen molar-refractivity contribution in [3.05, 3.63) is 52.5 Å². The molecule has 0 saturated carbocycles. The molecule has 2 rings (SSSR count). The molecule has 0 saturated heterocycles. The summed E-state index contributed by atoms with van der Waals surface area (Å²) < 4.78 is 0. The van der Waals surface area contributed by atoms with E-state index in [1.807, 2.05) is 25.1 Å². The highest BCUT2D eigenvalue weighted by atomic mass is 32.1. The SMILES string of the molecule is CCNC(=NCC(=O)N(C)CCc1ccccn1)NCC(C)(C)c1cccs1. The van der Waals surface area contributed by atoms with Gasteiger partial charge in [0, 0.05) is 55.3 Å². The molecule has 152 valence electrons. The van der Waals surface area contributed by atoms with Crippen LogP contribution >= 0.6 is 11.3 Å². The number of likely N-dealkylation sites (N-methyl/N-ethyl adjacent to an activating group) is 1. The number of nitrogens with zero attached hydrogens (tertiary/aromatic N) is 3. The lowest BCUT2D eigenvalue weighted by atomic mass is 9.91. The zero-order chi connectivity index (χ0) is 20.4. The lowest BCUT2D eigenvalue weighted by Gasteiger charge is -2.25. The van der Waals surface area contributed by atoms with Crippen LogP contribution in [0.3, 0.4) is 0 Å². The Morgan fingerprint density at radius 1 is 1.25 bits per heavy atom. The van der Waals surface area contributed by atoms with Crippen molar-refractivity contribution in [3.63, 3.8) is 0 Å². The van der Waals surface area contributed by atoms with Crippen LogP contribution in [0.2, 0.25) is 0 Å². The molecule has 6 nitrogen and oxygen atoms in total. The standard InChI is InChI=1S/C21H31N5OS/c1-5-22-20(25-16-21(2,3)18-10-8-14-28-18)24-15-19(27)26(4)13-11-17-9-6-7-12-23-17/h6-10,12,14H,5,11,13,15-16H2,1-4H3,(H2,22,24,25). The molecule has 0 bridgehead atoms. The second-order valence-electron chi connectivity index (χ2n) is 7.30. The number of amides is 1. The minimum absolute atomic E-state index is 0.00611. The molecule has 28 heavy (non-hydrogen) atoms. The first-order valence-corrected chi connectivity index (χ1v) is 10.5. The van der Waals surface area contributed by atoms with Crippen LogP contribution in [0.5, 0.6) is 0 Å². The first-order valence-electron chi connectivity index (χ1n) is 9.62. The van der Waals surface area contributed by atoms with E-state index < -0.39 is 0 Å². The molecule has 0 aliphatic rings. The van der Waals surface area contributed by atoms with Crippen LogP contribution in [-0.4, -0.2) is 55.0 Å². The number of aromatic nitrogens is 1. The molecule has 0 aliphatic carbocycles. The third kappa shape index (κ3) is 6.96. The number of carbonyl (C=O) groups is 1. The van der Waals surface area contributed by atoms with Crippen molar-refractivity contribution in [3.8, 4) is 0 Å². The monoisotopic (exact) mass is 401 g/mol. The number of carbonyl (C=O) groups excluding carboxylic acids is 1. The van der Waals surface area contributed by atoms with Crippen LogP contribution < -0.4 is 10.6 Å². The topological polar surface area (TPSA) is 69.6 Å². The van der Waals surface area contributed by atoms with E-state index in [4.69, 9.17) is 0 Å². The molecule has 0 aliphatic heterocycles. The molecule has 0 fully saturated rings. The van der Waals surface area contributed by atoms with Crippen LogP contribution in [0.25, 0.3) is 0 Å². The summed E-state index contributed by atoms with van der Waals surface area (Å²) in [5, 5.41) is 8.67. The first kappa shape index (κ1) is 21.9. The third-order valence-corrected chi connectivity index (χ3v) is 5.69. The molecule has 2 N–H and O–H groups in total. The number of rotatable bonds is 9. The maximum Gasteiger partial charge on any atom is 0.244 e. The number of aliphatic imine (C=N–C) groups is 1. The number of pyridine rings is 1. The molecule has 0 atom stereocenters. The van der Waals surface area contributed by atoms with Gasteiger partial charge in [0.2, 0.25) is 5.91 Å². The largest absolute Gasteiger partial charge is 0.357 e. The van der Waals surface area contributed by atoms with Crippen LogP contribution in [0.4, 0.5) is 0 Å². The van der Waals surface area contributed by atoms with Crippen LogP contribution in [0.15, 0.2) is 46.9 Å². The Hall–Kier alpha value is -2.41. The van der Waals surface area contributed by atoms with Crippen molar-refractivity contribution in [1.29, 1.82) is 0 Å². The Kier molecular flexibility index (Phi) is 8.44. The highest BCUT2D eigenvalue weighted by Gasteiger charge is 2.22. The Labute approximate surface area is 172 Å². The maximum absolute atomic E-state index is 12.4.